The van der Waals surface area contributed by atoms with Crippen LogP contribution in [0.25, 0.3) is 11.4 Å². The lowest BCUT2D eigenvalue weighted by molar-refractivity contribution is 0.425. The van der Waals surface area contributed by atoms with E-state index in [0.29, 0.717) is 12.4 Å². The van der Waals surface area contributed by atoms with E-state index in [2.05, 4.69) is 25.5 Å². The number of furan rings is 1. The van der Waals surface area contributed by atoms with E-state index in [4.69, 9.17) is 4.42 Å². The minimum Gasteiger partial charge on any atom is -0.467 e. The van der Waals surface area contributed by atoms with Gasteiger partial charge in [-0.1, -0.05) is 30.3 Å². The van der Waals surface area contributed by atoms with Gasteiger partial charge >= 0.3 is 0 Å². The molecule has 0 amide bonds. The average Bonchev–Trinajstić information content (AvgIpc) is 3.14. The molecule has 0 radical (unpaired) electrons. The highest BCUT2D eigenvalue weighted by Crippen LogP contribution is 2.20. The Labute approximate surface area is 147 Å². The fraction of sp³-hybridized carbons (Fsp3) is 0.263. The number of hydrogen-bond acceptors (Lipinski definition) is 6. The van der Waals surface area contributed by atoms with Gasteiger partial charge in [0.2, 0.25) is 0 Å². The molecule has 0 aliphatic carbocycles. The van der Waals surface area contributed by atoms with Crippen molar-refractivity contribution in [3.8, 4) is 11.4 Å². The van der Waals surface area contributed by atoms with Gasteiger partial charge in [0.15, 0.2) is 5.82 Å². The van der Waals surface area contributed by atoms with Gasteiger partial charge in [-0.3, -0.25) is 0 Å². The topological polar surface area (TPSA) is 66.2 Å². The van der Waals surface area contributed by atoms with Crippen molar-refractivity contribution in [3.63, 3.8) is 0 Å². The molecular weight excluding hydrogens is 314 g/mol. The highest BCUT2D eigenvalue weighted by Gasteiger charge is 2.07. The van der Waals surface area contributed by atoms with Crippen molar-refractivity contribution in [3.05, 3.63) is 60.6 Å². The van der Waals surface area contributed by atoms with Crippen molar-refractivity contribution in [2.45, 2.75) is 6.54 Å². The Kier molecular flexibility index (Phi) is 5.64. The van der Waals surface area contributed by atoms with E-state index in [-0.39, 0.29) is 0 Å². The third-order valence-corrected chi connectivity index (χ3v) is 3.65. The lowest BCUT2D eigenvalue weighted by Crippen LogP contribution is -2.21. The molecule has 130 valence electrons. The number of hydrogen-bond donors (Lipinski definition) is 2. The predicted molar refractivity (Wildman–Crippen MR) is 101 cm³/mol. The summed E-state index contributed by atoms with van der Waals surface area (Å²) in [5.74, 6) is 3.12. The average molecular weight is 337 g/mol. The van der Waals surface area contributed by atoms with Gasteiger partial charge in [0.1, 0.15) is 17.4 Å². The van der Waals surface area contributed by atoms with Crippen LogP contribution in [0.5, 0.6) is 0 Å². The second kappa shape index (κ2) is 8.30. The number of benzene rings is 1. The molecule has 0 spiro atoms. The molecule has 2 heterocycles. The molecule has 0 bridgehead atoms. The first-order valence-electron chi connectivity index (χ1n) is 8.30. The molecule has 0 unspecified atom stereocenters. The number of aromatic nitrogens is 2. The highest BCUT2D eigenvalue weighted by molar-refractivity contribution is 5.61. The second-order valence-electron chi connectivity index (χ2n) is 5.99. The monoisotopic (exact) mass is 337 g/mol. The minimum atomic E-state index is 0.579. The van der Waals surface area contributed by atoms with Crippen LogP contribution in [0.3, 0.4) is 0 Å². The summed E-state index contributed by atoms with van der Waals surface area (Å²) >= 11 is 0. The first-order chi connectivity index (χ1) is 12.2. The first-order valence-corrected chi connectivity index (χ1v) is 8.30. The third kappa shape index (κ3) is 5.06. The Morgan fingerprint density at radius 1 is 0.960 bits per heavy atom. The van der Waals surface area contributed by atoms with Crippen LogP contribution < -0.4 is 10.6 Å². The van der Waals surface area contributed by atoms with Crippen molar-refractivity contribution < 1.29 is 4.42 Å². The van der Waals surface area contributed by atoms with Gasteiger partial charge < -0.3 is 20.0 Å². The van der Waals surface area contributed by atoms with E-state index in [1.54, 1.807) is 6.26 Å². The summed E-state index contributed by atoms with van der Waals surface area (Å²) in [5, 5.41) is 6.67. The van der Waals surface area contributed by atoms with Crippen LogP contribution in [0.1, 0.15) is 5.76 Å². The van der Waals surface area contributed by atoms with Crippen LogP contribution in [-0.4, -0.2) is 42.1 Å². The first kappa shape index (κ1) is 17.0. The van der Waals surface area contributed by atoms with Crippen LogP contribution in [-0.2, 0) is 6.54 Å². The molecule has 3 rings (SSSR count). The molecular formula is C19H23N5O. The van der Waals surface area contributed by atoms with E-state index >= 15 is 0 Å². The second-order valence-corrected chi connectivity index (χ2v) is 5.99. The Morgan fingerprint density at radius 2 is 1.72 bits per heavy atom. The van der Waals surface area contributed by atoms with Gasteiger partial charge in [0.05, 0.1) is 12.8 Å². The molecule has 25 heavy (non-hydrogen) atoms. The van der Waals surface area contributed by atoms with Crippen LogP contribution >= 0.6 is 0 Å². The molecule has 0 saturated heterocycles. The van der Waals surface area contributed by atoms with Gasteiger partial charge in [-0.15, -0.1) is 0 Å². The lowest BCUT2D eigenvalue weighted by Gasteiger charge is -2.13. The maximum absolute atomic E-state index is 5.36. The summed E-state index contributed by atoms with van der Waals surface area (Å²) < 4.78 is 5.36. The van der Waals surface area contributed by atoms with Crippen molar-refractivity contribution in [1.29, 1.82) is 0 Å². The standard InChI is InChI=1S/C19H23N5O/c1-24(2)11-10-20-17-13-18(21-14-16-9-6-12-25-16)23-19(22-17)15-7-4-3-5-8-15/h3-9,12-13H,10-11,14H2,1-2H3,(H2,20,21,22,23). The molecule has 0 aliphatic heterocycles. The number of likely N-dealkylation sites (N-methyl/N-ethyl adjacent to an activating group) is 1. The summed E-state index contributed by atoms with van der Waals surface area (Å²) in [4.78, 5) is 11.4. The quantitative estimate of drug-likeness (QED) is 0.657. The Morgan fingerprint density at radius 3 is 2.40 bits per heavy atom. The summed E-state index contributed by atoms with van der Waals surface area (Å²) in [6, 6.07) is 15.7. The maximum atomic E-state index is 5.36. The number of anilines is 2. The molecule has 6 heteroatoms. The van der Waals surface area contributed by atoms with Crippen molar-refractivity contribution in [2.24, 2.45) is 0 Å². The number of nitrogens with zero attached hydrogens (tertiary/aromatic N) is 3. The smallest absolute Gasteiger partial charge is 0.163 e. The largest absolute Gasteiger partial charge is 0.467 e. The van der Waals surface area contributed by atoms with Crippen LogP contribution in [0.2, 0.25) is 0 Å². The molecule has 6 nitrogen and oxygen atoms in total. The summed E-state index contributed by atoms with van der Waals surface area (Å²) in [5.41, 5.74) is 0.986. The molecule has 0 fully saturated rings. The number of rotatable bonds is 8. The predicted octanol–water partition coefficient (Wildman–Crippen LogP) is 3.32. The van der Waals surface area contributed by atoms with Gasteiger partial charge in [-0.25, -0.2) is 9.97 Å². The maximum Gasteiger partial charge on any atom is 0.163 e. The molecule has 2 aromatic heterocycles. The van der Waals surface area contributed by atoms with Crippen LogP contribution in [0.15, 0.2) is 59.2 Å². The van der Waals surface area contributed by atoms with E-state index in [9.17, 15) is 0 Å². The Balaban J connectivity index is 1.79. The Hall–Kier alpha value is -2.86. The molecule has 0 aliphatic rings. The van der Waals surface area contributed by atoms with E-state index in [0.717, 1.165) is 36.0 Å². The van der Waals surface area contributed by atoms with Crippen molar-refractivity contribution in [2.75, 3.05) is 37.8 Å². The minimum absolute atomic E-state index is 0.579. The zero-order valence-corrected chi connectivity index (χ0v) is 14.6. The number of nitrogens with one attached hydrogen (secondary N) is 2. The zero-order chi connectivity index (χ0) is 17.5. The zero-order valence-electron chi connectivity index (χ0n) is 14.6. The fourth-order valence-corrected chi connectivity index (χ4v) is 2.34. The van der Waals surface area contributed by atoms with Gasteiger partial charge in [0.25, 0.3) is 0 Å². The van der Waals surface area contributed by atoms with Gasteiger partial charge in [-0.2, -0.15) is 0 Å². The summed E-state index contributed by atoms with van der Waals surface area (Å²) in [7, 11) is 4.10. The van der Waals surface area contributed by atoms with Crippen molar-refractivity contribution in [1.82, 2.24) is 14.9 Å². The highest BCUT2D eigenvalue weighted by atomic mass is 16.3. The molecule has 2 N–H and O–H groups in total. The molecule has 1 aromatic carbocycles. The fourth-order valence-electron chi connectivity index (χ4n) is 2.34. The van der Waals surface area contributed by atoms with E-state index in [1.165, 1.54) is 0 Å². The molecule has 3 aromatic rings. The molecule has 0 saturated carbocycles. The summed E-state index contributed by atoms with van der Waals surface area (Å²) in [6.45, 7) is 2.32. The van der Waals surface area contributed by atoms with Gasteiger partial charge in [-0.05, 0) is 26.2 Å². The van der Waals surface area contributed by atoms with E-state index < -0.39 is 0 Å². The lowest BCUT2D eigenvalue weighted by atomic mass is 10.2. The molecule has 0 atom stereocenters. The SMILES string of the molecule is CN(C)CCNc1cc(NCc2ccco2)nc(-c2ccccc2)n1. The third-order valence-electron chi connectivity index (χ3n) is 3.65. The van der Waals surface area contributed by atoms with Gasteiger partial charge in [0, 0.05) is 24.7 Å². The van der Waals surface area contributed by atoms with Crippen molar-refractivity contribution >= 4 is 11.6 Å². The Bertz CT molecular complexity index is 772. The van der Waals surface area contributed by atoms with Crippen LogP contribution in [0, 0.1) is 0 Å². The van der Waals surface area contributed by atoms with E-state index in [1.807, 2.05) is 62.6 Å². The normalized spacial score (nSPS) is 10.8. The van der Waals surface area contributed by atoms with Crippen LogP contribution in [0.4, 0.5) is 11.6 Å². The summed E-state index contributed by atoms with van der Waals surface area (Å²) in [6.07, 6.45) is 1.67.